The van der Waals surface area contributed by atoms with Crippen LogP contribution in [0, 0.1) is 5.92 Å². The summed E-state index contributed by atoms with van der Waals surface area (Å²) in [6, 6.07) is 0. The molecular formula is C15H20N2OS2. The van der Waals surface area contributed by atoms with Crippen molar-refractivity contribution in [2.45, 2.75) is 51.1 Å². The van der Waals surface area contributed by atoms with Gasteiger partial charge in [-0.2, -0.15) is 0 Å². The SMILES string of the molecule is CCCCSc1nc2sc3c(c2c(=O)[nH]1)CCC(C)C3. The monoisotopic (exact) mass is 308 g/mol. The van der Waals surface area contributed by atoms with Crippen LogP contribution in [-0.4, -0.2) is 15.7 Å². The fourth-order valence-corrected chi connectivity index (χ4v) is 5.10. The van der Waals surface area contributed by atoms with E-state index in [1.807, 2.05) is 0 Å². The molecule has 2 heterocycles. The molecule has 0 saturated heterocycles. The van der Waals surface area contributed by atoms with Gasteiger partial charge in [-0.1, -0.05) is 32.0 Å². The molecule has 0 fully saturated rings. The molecule has 3 nitrogen and oxygen atoms in total. The van der Waals surface area contributed by atoms with Gasteiger partial charge in [-0.15, -0.1) is 11.3 Å². The van der Waals surface area contributed by atoms with E-state index in [0.717, 1.165) is 46.3 Å². The second kappa shape index (κ2) is 5.90. The van der Waals surface area contributed by atoms with E-state index >= 15 is 0 Å². The number of hydrogen-bond acceptors (Lipinski definition) is 4. The zero-order valence-electron chi connectivity index (χ0n) is 12.0. The Morgan fingerprint density at radius 3 is 3.15 bits per heavy atom. The van der Waals surface area contributed by atoms with Gasteiger partial charge in [0.2, 0.25) is 0 Å². The van der Waals surface area contributed by atoms with E-state index in [2.05, 4.69) is 23.8 Å². The number of thiophene rings is 1. The molecule has 0 spiro atoms. The van der Waals surface area contributed by atoms with Gasteiger partial charge in [-0.05, 0) is 37.2 Å². The fourth-order valence-electron chi connectivity index (χ4n) is 2.71. The van der Waals surface area contributed by atoms with E-state index in [1.165, 1.54) is 23.3 Å². The first kappa shape index (κ1) is 14.1. The normalized spacial score (nSPS) is 18.4. The molecule has 108 valence electrons. The Hall–Kier alpha value is -0.810. The largest absolute Gasteiger partial charge is 0.301 e. The van der Waals surface area contributed by atoms with Crippen molar-refractivity contribution in [1.82, 2.24) is 9.97 Å². The molecule has 1 atom stereocenters. The Bertz CT molecular complexity index is 674. The molecule has 0 bridgehead atoms. The second-order valence-electron chi connectivity index (χ2n) is 5.61. The summed E-state index contributed by atoms with van der Waals surface area (Å²) in [5.41, 5.74) is 1.32. The van der Waals surface area contributed by atoms with E-state index in [-0.39, 0.29) is 5.56 Å². The molecule has 0 radical (unpaired) electrons. The zero-order chi connectivity index (χ0) is 14.1. The van der Waals surface area contributed by atoms with Crippen molar-refractivity contribution in [2.75, 3.05) is 5.75 Å². The molecule has 1 N–H and O–H groups in total. The molecular weight excluding hydrogens is 288 g/mol. The first-order chi connectivity index (χ1) is 9.69. The van der Waals surface area contributed by atoms with Crippen LogP contribution in [0.1, 0.15) is 43.6 Å². The maximum absolute atomic E-state index is 12.3. The number of aromatic nitrogens is 2. The second-order valence-corrected chi connectivity index (χ2v) is 7.77. The lowest BCUT2D eigenvalue weighted by atomic mass is 9.89. The van der Waals surface area contributed by atoms with Crippen LogP contribution in [0.5, 0.6) is 0 Å². The molecule has 5 heteroatoms. The van der Waals surface area contributed by atoms with Crippen molar-refractivity contribution in [3.63, 3.8) is 0 Å². The highest BCUT2D eigenvalue weighted by atomic mass is 32.2. The molecule has 0 saturated carbocycles. The highest BCUT2D eigenvalue weighted by Gasteiger charge is 2.22. The van der Waals surface area contributed by atoms with Gasteiger partial charge in [0.05, 0.1) is 5.39 Å². The lowest BCUT2D eigenvalue weighted by Gasteiger charge is -2.17. The minimum absolute atomic E-state index is 0.0565. The first-order valence-corrected chi connectivity index (χ1v) is 9.16. The predicted molar refractivity (Wildman–Crippen MR) is 87.1 cm³/mol. The van der Waals surface area contributed by atoms with Gasteiger partial charge in [-0.3, -0.25) is 4.79 Å². The summed E-state index contributed by atoms with van der Waals surface area (Å²) in [6.45, 7) is 4.46. The molecule has 1 unspecified atom stereocenters. The van der Waals surface area contributed by atoms with Gasteiger partial charge in [-0.25, -0.2) is 4.98 Å². The van der Waals surface area contributed by atoms with Crippen LogP contribution in [0.25, 0.3) is 10.2 Å². The minimum Gasteiger partial charge on any atom is -0.301 e. The molecule has 1 aliphatic carbocycles. The maximum atomic E-state index is 12.3. The minimum atomic E-state index is 0.0565. The van der Waals surface area contributed by atoms with Crippen LogP contribution in [-0.2, 0) is 12.8 Å². The van der Waals surface area contributed by atoms with Crippen LogP contribution in [0.2, 0.25) is 0 Å². The Balaban J connectivity index is 1.98. The van der Waals surface area contributed by atoms with Crippen LogP contribution >= 0.6 is 23.1 Å². The average molecular weight is 308 g/mol. The molecule has 0 aliphatic heterocycles. The Labute approximate surface area is 127 Å². The molecule has 20 heavy (non-hydrogen) atoms. The van der Waals surface area contributed by atoms with Crippen LogP contribution in [0.3, 0.4) is 0 Å². The Morgan fingerprint density at radius 2 is 2.35 bits per heavy atom. The van der Waals surface area contributed by atoms with Crippen LogP contribution in [0.15, 0.2) is 9.95 Å². The van der Waals surface area contributed by atoms with Crippen molar-refractivity contribution >= 4 is 33.3 Å². The van der Waals surface area contributed by atoms with Crippen molar-refractivity contribution < 1.29 is 0 Å². The van der Waals surface area contributed by atoms with Crippen LogP contribution in [0.4, 0.5) is 0 Å². The summed E-state index contributed by atoms with van der Waals surface area (Å²) in [4.78, 5) is 22.3. The zero-order valence-corrected chi connectivity index (χ0v) is 13.6. The summed E-state index contributed by atoms with van der Waals surface area (Å²) in [7, 11) is 0. The summed E-state index contributed by atoms with van der Waals surface area (Å²) >= 11 is 3.39. The van der Waals surface area contributed by atoms with Gasteiger partial charge >= 0.3 is 0 Å². The third kappa shape index (κ3) is 2.66. The summed E-state index contributed by atoms with van der Waals surface area (Å²) < 4.78 is 0. The smallest absolute Gasteiger partial charge is 0.260 e. The van der Waals surface area contributed by atoms with E-state index in [4.69, 9.17) is 0 Å². The lowest BCUT2D eigenvalue weighted by Crippen LogP contribution is -2.13. The molecule has 2 aromatic rings. The number of fused-ring (bicyclic) bond motifs is 3. The standard InChI is InChI=1S/C15H20N2OS2/c1-3-4-7-19-15-16-13(18)12-10-6-5-9(2)8-11(10)20-14(12)17-15/h9H,3-8H2,1-2H3,(H,16,17,18). The molecule has 0 amide bonds. The van der Waals surface area contributed by atoms with Gasteiger partial charge in [0.1, 0.15) is 4.83 Å². The third-order valence-electron chi connectivity index (χ3n) is 3.88. The predicted octanol–water partition coefficient (Wildman–Crippen LogP) is 4.00. The summed E-state index contributed by atoms with van der Waals surface area (Å²) in [6.07, 6.45) is 5.65. The Kier molecular flexibility index (Phi) is 4.17. The van der Waals surface area contributed by atoms with E-state index < -0.39 is 0 Å². The number of H-pyrrole nitrogens is 1. The fraction of sp³-hybridized carbons (Fsp3) is 0.600. The van der Waals surface area contributed by atoms with Gasteiger partial charge < -0.3 is 4.98 Å². The van der Waals surface area contributed by atoms with E-state index in [9.17, 15) is 4.79 Å². The molecule has 3 rings (SSSR count). The first-order valence-electron chi connectivity index (χ1n) is 7.36. The highest BCUT2D eigenvalue weighted by molar-refractivity contribution is 7.99. The lowest BCUT2D eigenvalue weighted by molar-refractivity contribution is 0.509. The summed E-state index contributed by atoms with van der Waals surface area (Å²) in [5.74, 6) is 1.75. The topological polar surface area (TPSA) is 45.8 Å². The highest BCUT2D eigenvalue weighted by Crippen LogP contribution is 2.36. The number of rotatable bonds is 4. The number of nitrogens with one attached hydrogen (secondary N) is 1. The molecule has 1 aliphatic rings. The number of aromatic amines is 1. The van der Waals surface area contributed by atoms with Gasteiger partial charge in [0, 0.05) is 10.6 Å². The van der Waals surface area contributed by atoms with Gasteiger partial charge in [0.15, 0.2) is 5.16 Å². The quantitative estimate of drug-likeness (QED) is 0.527. The van der Waals surface area contributed by atoms with E-state index in [0.29, 0.717) is 0 Å². The van der Waals surface area contributed by atoms with Crippen molar-refractivity contribution in [2.24, 2.45) is 5.92 Å². The number of thioether (sulfide) groups is 1. The number of unbranched alkanes of at least 4 members (excludes halogenated alkanes) is 1. The third-order valence-corrected chi connectivity index (χ3v) is 5.99. The van der Waals surface area contributed by atoms with Crippen molar-refractivity contribution in [3.8, 4) is 0 Å². The number of hydrogen-bond donors (Lipinski definition) is 1. The van der Waals surface area contributed by atoms with Crippen LogP contribution < -0.4 is 5.56 Å². The molecule has 0 aromatic carbocycles. The van der Waals surface area contributed by atoms with Crippen molar-refractivity contribution in [3.05, 3.63) is 20.8 Å². The maximum Gasteiger partial charge on any atom is 0.260 e. The van der Waals surface area contributed by atoms with Gasteiger partial charge in [0.25, 0.3) is 5.56 Å². The summed E-state index contributed by atoms with van der Waals surface area (Å²) in [5, 5.41) is 1.64. The van der Waals surface area contributed by atoms with Crippen molar-refractivity contribution in [1.29, 1.82) is 0 Å². The average Bonchev–Trinajstić information content (AvgIpc) is 2.76. The number of aryl methyl sites for hydroxylation is 1. The molecule has 2 aromatic heterocycles. The van der Waals surface area contributed by atoms with E-state index in [1.54, 1.807) is 23.1 Å². The Morgan fingerprint density at radius 1 is 1.50 bits per heavy atom. The number of nitrogens with zero attached hydrogens (tertiary/aromatic N) is 1.